The maximum Gasteiger partial charge on any atom is 0.185 e. The average Bonchev–Trinajstić information content (AvgIpc) is 2.22. The number of carbonyl (C=O) groups excluding carboxylic acids is 1. The molecule has 0 amide bonds. The Bertz CT molecular complexity index is 416. The van der Waals surface area contributed by atoms with Gasteiger partial charge in [0.15, 0.2) is 5.78 Å². The average molecular weight is 227 g/mol. The lowest BCUT2D eigenvalue weighted by atomic mass is 9.94. The van der Waals surface area contributed by atoms with Gasteiger partial charge in [0.2, 0.25) is 0 Å². The van der Waals surface area contributed by atoms with E-state index in [0.29, 0.717) is 0 Å². The van der Waals surface area contributed by atoms with Gasteiger partial charge in [-0.1, -0.05) is 19.9 Å². The van der Waals surface area contributed by atoms with Crippen LogP contribution in [0.3, 0.4) is 0 Å². The molecule has 0 aliphatic rings. The van der Waals surface area contributed by atoms with E-state index in [4.69, 9.17) is 5.73 Å². The van der Waals surface area contributed by atoms with Gasteiger partial charge >= 0.3 is 0 Å². The molecule has 0 spiro atoms. The number of hydrogen-bond donors (Lipinski definition) is 1. The van der Waals surface area contributed by atoms with E-state index >= 15 is 0 Å². The van der Waals surface area contributed by atoms with Gasteiger partial charge < -0.3 is 5.73 Å². The molecule has 16 heavy (non-hydrogen) atoms. The zero-order chi connectivity index (χ0) is 12.5. The van der Waals surface area contributed by atoms with Gasteiger partial charge in [0.05, 0.1) is 11.6 Å². The second-order valence-electron chi connectivity index (χ2n) is 4.19. The number of ketones is 1. The highest BCUT2D eigenvalue weighted by atomic mass is 19.1. The molecule has 0 fully saturated rings. The molecule has 0 bridgehead atoms. The molecular formula is C12H15F2NO. The van der Waals surface area contributed by atoms with Crippen molar-refractivity contribution in [3.8, 4) is 0 Å². The lowest BCUT2D eigenvalue weighted by Gasteiger charge is -2.15. The summed E-state index contributed by atoms with van der Waals surface area (Å²) >= 11 is 0. The van der Waals surface area contributed by atoms with Gasteiger partial charge in [-0.05, 0) is 24.5 Å². The molecule has 0 aromatic heterocycles. The monoisotopic (exact) mass is 227 g/mol. The van der Waals surface area contributed by atoms with Gasteiger partial charge in [-0.25, -0.2) is 8.78 Å². The standard InChI is InChI=1S/C12H15F2NO/c1-6(2)11(15)12(16)9-8(13)5-4-7(3)10(9)14/h4-6,11H,15H2,1-3H3. The Labute approximate surface area is 93.5 Å². The van der Waals surface area contributed by atoms with Crippen molar-refractivity contribution in [1.29, 1.82) is 0 Å². The van der Waals surface area contributed by atoms with Crippen LogP contribution < -0.4 is 5.73 Å². The Morgan fingerprint density at radius 2 is 1.88 bits per heavy atom. The molecule has 1 rings (SSSR count). The maximum atomic E-state index is 13.6. The number of benzene rings is 1. The van der Waals surface area contributed by atoms with Gasteiger partial charge in [-0.2, -0.15) is 0 Å². The summed E-state index contributed by atoms with van der Waals surface area (Å²) in [6.45, 7) is 4.94. The molecule has 1 aromatic carbocycles. The summed E-state index contributed by atoms with van der Waals surface area (Å²) in [5.74, 6) is -2.52. The SMILES string of the molecule is Cc1ccc(F)c(C(=O)C(N)C(C)C)c1F. The summed E-state index contributed by atoms with van der Waals surface area (Å²) in [7, 11) is 0. The first-order valence-electron chi connectivity index (χ1n) is 5.10. The number of nitrogens with two attached hydrogens (primary N) is 1. The van der Waals surface area contributed by atoms with Crippen LogP contribution in [-0.4, -0.2) is 11.8 Å². The number of rotatable bonds is 3. The largest absolute Gasteiger partial charge is 0.321 e. The molecule has 1 aromatic rings. The van der Waals surface area contributed by atoms with Crippen molar-refractivity contribution < 1.29 is 13.6 Å². The van der Waals surface area contributed by atoms with Crippen LogP contribution in [-0.2, 0) is 0 Å². The van der Waals surface area contributed by atoms with Crippen molar-refractivity contribution >= 4 is 5.78 Å². The molecule has 0 saturated heterocycles. The van der Waals surface area contributed by atoms with Crippen LogP contribution in [0.25, 0.3) is 0 Å². The van der Waals surface area contributed by atoms with E-state index in [9.17, 15) is 13.6 Å². The Morgan fingerprint density at radius 1 is 1.31 bits per heavy atom. The smallest absolute Gasteiger partial charge is 0.185 e. The van der Waals surface area contributed by atoms with Crippen LogP contribution in [0.1, 0.15) is 29.8 Å². The van der Waals surface area contributed by atoms with E-state index in [-0.39, 0.29) is 11.5 Å². The minimum Gasteiger partial charge on any atom is -0.321 e. The van der Waals surface area contributed by atoms with Crippen LogP contribution in [0, 0.1) is 24.5 Å². The number of halogens is 2. The summed E-state index contributed by atoms with van der Waals surface area (Å²) in [4.78, 5) is 11.8. The number of carbonyl (C=O) groups is 1. The Hall–Kier alpha value is -1.29. The fourth-order valence-electron chi connectivity index (χ4n) is 1.35. The van der Waals surface area contributed by atoms with Gasteiger partial charge in [-0.15, -0.1) is 0 Å². The minimum atomic E-state index is -0.884. The molecule has 0 aliphatic heterocycles. The summed E-state index contributed by atoms with van der Waals surface area (Å²) < 4.78 is 27.0. The number of aryl methyl sites for hydroxylation is 1. The molecule has 0 saturated carbocycles. The Morgan fingerprint density at radius 3 is 2.38 bits per heavy atom. The lowest BCUT2D eigenvalue weighted by molar-refractivity contribution is 0.0932. The number of Topliss-reactive ketones (excluding diaryl/α,β-unsaturated/α-hetero) is 1. The third-order valence-electron chi connectivity index (χ3n) is 2.55. The van der Waals surface area contributed by atoms with Gasteiger partial charge in [-0.3, -0.25) is 4.79 Å². The van der Waals surface area contributed by atoms with Gasteiger partial charge in [0.25, 0.3) is 0 Å². The van der Waals surface area contributed by atoms with E-state index in [0.717, 1.165) is 6.07 Å². The molecule has 1 unspecified atom stereocenters. The van der Waals surface area contributed by atoms with Crippen molar-refractivity contribution in [3.05, 3.63) is 34.9 Å². The second kappa shape index (κ2) is 4.70. The normalized spacial score (nSPS) is 12.9. The van der Waals surface area contributed by atoms with E-state index in [1.165, 1.54) is 13.0 Å². The first kappa shape index (κ1) is 12.8. The molecule has 88 valence electrons. The van der Waals surface area contributed by atoms with Crippen molar-refractivity contribution in [2.45, 2.75) is 26.8 Å². The highest BCUT2D eigenvalue weighted by Crippen LogP contribution is 2.19. The summed E-state index contributed by atoms with van der Waals surface area (Å²) in [5, 5.41) is 0. The van der Waals surface area contributed by atoms with Crippen LogP contribution in [0.15, 0.2) is 12.1 Å². The first-order chi connectivity index (χ1) is 7.36. The van der Waals surface area contributed by atoms with Crippen LogP contribution in [0.4, 0.5) is 8.78 Å². The molecule has 0 heterocycles. The fraction of sp³-hybridized carbons (Fsp3) is 0.417. The Kier molecular flexibility index (Phi) is 3.75. The van der Waals surface area contributed by atoms with Crippen molar-refractivity contribution in [2.75, 3.05) is 0 Å². The van der Waals surface area contributed by atoms with Crippen molar-refractivity contribution in [3.63, 3.8) is 0 Å². The van der Waals surface area contributed by atoms with E-state index in [1.54, 1.807) is 13.8 Å². The topological polar surface area (TPSA) is 43.1 Å². The Balaban J connectivity index is 3.23. The molecule has 0 radical (unpaired) electrons. The molecule has 1 atom stereocenters. The van der Waals surface area contributed by atoms with E-state index in [1.807, 2.05) is 0 Å². The van der Waals surface area contributed by atoms with Crippen LogP contribution in [0.2, 0.25) is 0 Å². The summed E-state index contributed by atoms with van der Waals surface area (Å²) in [6.07, 6.45) is 0. The van der Waals surface area contributed by atoms with E-state index in [2.05, 4.69) is 0 Å². The maximum absolute atomic E-state index is 13.6. The third kappa shape index (κ3) is 2.27. The van der Waals surface area contributed by atoms with Crippen molar-refractivity contribution in [1.82, 2.24) is 0 Å². The molecule has 2 N–H and O–H groups in total. The molecular weight excluding hydrogens is 212 g/mol. The number of hydrogen-bond acceptors (Lipinski definition) is 2. The summed E-state index contributed by atoms with van der Waals surface area (Å²) in [6, 6.07) is 1.49. The molecule has 4 heteroatoms. The predicted octanol–water partition coefficient (Wildman–Crippen LogP) is 2.44. The van der Waals surface area contributed by atoms with E-state index < -0.39 is 29.0 Å². The predicted molar refractivity (Wildman–Crippen MR) is 58.2 cm³/mol. The van der Waals surface area contributed by atoms with Crippen LogP contribution in [0.5, 0.6) is 0 Å². The zero-order valence-corrected chi connectivity index (χ0v) is 9.55. The van der Waals surface area contributed by atoms with Crippen molar-refractivity contribution in [2.24, 2.45) is 11.7 Å². The van der Waals surface area contributed by atoms with Gasteiger partial charge in [0.1, 0.15) is 11.6 Å². The summed E-state index contributed by atoms with van der Waals surface area (Å²) in [5.41, 5.74) is 5.31. The molecule has 0 aliphatic carbocycles. The second-order valence-corrected chi connectivity index (χ2v) is 4.19. The van der Waals surface area contributed by atoms with Gasteiger partial charge in [0, 0.05) is 0 Å². The first-order valence-corrected chi connectivity index (χ1v) is 5.10. The highest BCUT2D eigenvalue weighted by molar-refractivity contribution is 6.00. The molecule has 2 nitrogen and oxygen atoms in total. The third-order valence-corrected chi connectivity index (χ3v) is 2.55. The lowest BCUT2D eigenvalue weighted by Crippen LogP contribution is -2.36. The minimum absolute atomic E-state index is 0.160. The zero-order valence-electron chi connectivity index (χ0n) is 9.55. The highest BCUT2D eigenvalue weighted by Gasteiger charge is 2.25. The fourth-order valence-corrected chi connectivity index (χ4v) is 1.35. The van der Waals surface area contributed by atoms with Crippen LogP contribution >= 0.6 is 0 Å². The quantitative estimate of drug-likeness (QED) is 0.806.